The van der Waals surface area contributed by atoms with Crippen LogP contribution in [0.2, 0.25) is 0 Å². The number of anilines is 1. The minimum Gasteiger partial charge on any atom is -0.372 e. The molecular weight excluding hydrogens is 227 g/mol. The summed E-state index contributed by atoms with van der Waals surface area (Å²) >= 11 is 0. The average molecular weight is 252 g/mol. The zero-order valence-corrected chi connectivity index (χ0v) is 12.1. The van der Waals surface area contributed by atoms with Crippen molar-refractivity contribution in [1.82, 2.24) is 5.32 Å². The lowest BCUT2D eigenvalue weighted by Crippen LogP contribution is -2.46. The first-order valence-corrected chi connectivity index (χ1v) is 6.57. The van der Waals surface area contributed by atoms with Crippen LogP contribution in [-0.4, -0.2) is 26.2 Å². The molecule has 0 saturated heterocycles. The molecule has 1 aromatic rings. The van der Waals surface area contributed by atoms with Gasteiger partial charge in [0, 0.05) is 19.6 Å². The zero-order chi connectivity index (χ0) is 13.8. The van der Waals surface area contributed by atoms with Crippen LogP contribution in [0.25, 0.3) is 0 Å². The van der Waals surface area contributed by atoms with E-state index in [-0.39, 0.29) is 11.2 Å². The Balaban J connectivity index is 2.75. The van der Waals surface area contributed by atoms with E-state index in [4.69, 9.17) is 0 Å². The molecular formula is C15H25FN2. The Morgan fingerprint density at radius 2 is 1.94 bits per heavy atom. The Morgan fingerprint density at radius 3 is 2.50 bits per heavy atom. The number of rotatable bonds is 6. The fourth-order valence-electron chi connectivity index (χ4n) is 2.18. The maximum Gasteiger partial charge on any atom is 0.146 e. The van der Waals surface area contributed by atoms with Crippen LogP contribution in [0.15, 0.2) is 24.3 Å². The number of nitrogens with one attached hydrogen (secondary N) is 1. The molecule has 0 amide bonds. The molecule has 0 aromatic heterocycles. The number of para-hydroxylation sites is 1. The lowest BCUT2D eigenvalue weighted by molar-refractivity contribution is 0.266. The second-order valence-electron chi connectivity index (χ2n) is 5.58. The molecule has 3 heteroatoms. The summed E-state index contributed by atoms with van der Waals surface area (Å²) < 4.78 is 13.7. The van der Waals surface area contributed by atoms with Crippen molar-refractivity contribution < 1.29 is 4.39 Å². The number of nitrogens with zero attached hydrogens (tertiary/aromatic N) is 1. The molecule has 1 atom stereocenters. The summed E-state index contributed by atoms with van der Waals surface area (Å²) in [7, 11) is 1.94. The first-order chi connectivity index (χ1) is 8.38. The van der Waals surface area contributed by atoms with Gasteiger partial charge in [-0.3, -0.25) is 0 Å². The molecule has 102 valence electrons. The lowest BCUT2D eigenvalue weighted by atomic mass is 9.84. The van der Waals surface area contributed by atoms with Crippen molar-refractivity contribution in [2.24, 2.45) is 5.41 Å². The Bertz CT molecular complexity index is 377. The highest BCUT2D eigenvalue weighted by molar-refractivity contribution is 5.46. The zero-order valence-electron chi connectivity index (χ0n) is 12.1. The highest BCUT2D eigenvalue weighted by Gasteiger charge is 2.27. The third-order valence-electron chi connectivity index (χ3n) is 3.59. The van der Waals surface area contributed by atoms with Gasteiger partial charge in [0.05, 0.1) is 5.69 Å². The fraction of sp³-hybridized carbons (Fsp3) is 0.600. The topological polar surface area (TPSA) is 15.3 Å². The van der Waals surface area contributed by atoms with Crippen molar-refractivity contribution >= 4 is 5.69 Å². The lowest BCUT2D eigenvalue weighted by Gasteiger charge is -2.37. The van der Waals surface area contributed by atoms with Gasteiger partial charge in [-0.25, -0.2) is 4.39 Å². The van der Waals surface area contributed by atoms with Gasteiger partial charge in [0.2, 0.25) is 0 Å². The summed E-state index contributed by atoms with van der Waals surface area (Å²) in [6, 6.07) is 7.31. The minimum atomic E-state index is -0.160. The van der Waals surface area contributed by atoms with E-state index in [1.165, 1.54) is 6.07 Å². The molecule has 0 aliphatic carbocycles. The van der Waals surface area contributed by atoms with Crippen LogP contribution < -0.4 is 10.2 Å². The normalized spacial score (nSPS) is 13.4. The Morgan fingerprint density at radius 1 is 1.33 bits per heavy atom. The van der Waals surface area contributed by atoms with Crippen molar-refractivity contribution in [2.75, 3.05) is 25.0 Å². The molecule has 0 bridgehead atoms. The van der Waals surface area contributed by atoms with Gasteiger partial charge in [-0.2, -0.15) is 0 Å². The summed E-state index contributed by atoms with van der Waals surface area (Å²) in [5.41, 5.74) is 0.738. The van der Waals surface area contributed by atoms with E-state index in [9.17, 15) is 4.39 Å². The molecule has 0 radical (unpaired) electrons. The number of benzene rings is 1. The summed E-state index contributed by atoms with van der Waals surface area (Å²) in [5, 5.41) is 3.44. The van der Waals surface area contributed by atoms with Gasteiger partial charge in [-0.05, 0) is 31.0 Å². The van der Waals surface area contributed by atoms with Crippen molar-refractivity contribution in [1.29, 1.82) is 0 Å². The van der Waals surface area contributed by atoms with Crippen LogP contribution >= 0.6 is 0 Å². The largest absolute Gasteiger partial charge is 0.372 e. The summed E-state index contributed by atoms with van der Waals surface area (Å²) in [6.45, 7) is 10.5. The van der Waals surface area contributed by atoms with E-state index in [0.717, 1.165) is 13.1 Å². The minimum absolute atomic E-state index is 0.0764. The molecule has 0 saturated carbocycles. The van der Waals surface area contributed by atoms with E-state index in [0.29, 0.717) is 11.7 Å². The standard InChI is InChI=1S/C15H25FN2/c1-6-17-12(2)15(3,4)11-18(5)14-10-8-7-9-13(14)16/h7-10,12,17H,6,11H2,1-5H3. The molecule has 1 N–H and O–H groups in total. The first-order valence-electron chi connectivity index (χ1n) is 6.57. The summed E-state index contributed by atoms with van der Waals surface area (Å²) in [4.78, 5) is 1.99. The van der Waals surface area contributed by atoms with Gasteiger partial charge in [-0.1, -0.05) is 32.9 Å². The number of hydrogen-bond donors (Lipinski definition) is 1. The van der Waals surface area contributed by atoms with Crippen molar-refractivity contribution in [3.05, 3.63) is 30.1 Å². The van der Waals surface area contributed by atoms with Crippen molar-refractivity contribution in [2.45, 2.75) is 33.7 Å². The van der Waals surface area contributed by atoms with Gasteiger partial charge in [-0.15, -0.1) is 0 Å². The molecule has 0 fully saturated rings. The maximum atomic E-state index is 13.7. The van der Waals surface area contributed by atoms with E-state index in [2.05, 4.69) is 33.0 Å². The first kappa shape index (κ1) is 15.0. The van der Waals surface area contributed by atoms with Crippen LogP contribution in [0, 0.1) is 11.2 Å². The average Bonchev–Trinajstić information content (AvgIpc) is 2.29. The van der Waals surface area contributed by atoms with Crippen LogP contribution in [-0.2, 0) is 0 Å². The Kier molecular flexibility index (Phi) is 5.15. The number of hydrogen-bond acceptors (Lipinski definition) is 2. The molecule has 2 nitrogen and oxygen atoms in total. The van der Waals surface area contributed by atoms with Gasteiger partial charge in [0.1, 0.15) is 5.82 Å². The molecule has 1 aromatic carbocycles. The van der Waals surface area contributed by atoms with E-state index in [1.54, 1.807) is 6.07 Å². The second kappa shape index (κ2) is 6.19. The molecule has 18 heavy (non-hydrogen) atoms. The quantitative estimate of drug-likeness (QED) is 0.836. The van der Waals surface area contributed by atoms with Gasteiger partial charge < -0.3 is 10.2 Å². The molecule has 0 aliphatic heterocycles. The number of halogens is 1. The molecule has 0 heterocycles. The summed E-state index contributed by atoms with van der Waals surface area (Å²) in [6.07, 6.45) is 0. The molecule has 1 unspecified atom stereocenters. The Labute approximate surface area is 110 Å². The van der Waals surface area contributed by atoms with Crippen molar-refractivity contribution in [3.63, 3.8) is 0 Å². The van der Waals surface area contributed by atoms with Gasteiger partial charge >= 0.3 is 0 Å². The molecule has 0 aliphatic rings. The second-order valence-corrected chi connectivity index (χ2v) is 5.58. The maximum absolute atomic E-state index is 13.7. The van der Waals surface area contributed by atoms with Crippen LogP contribution in [0.4, 0.5) is 10.1 Å². The highest BCUT2D eigenvalue weighted by Crippen LogP contribution is 2.26. The smallest absolute Gasteiger partial charge is 0.146 e. The third-order valence-corrected chi connectivity index (χ3v) is 3.59. The van der Waals surface area contributed by atoms with Gasteiger partial charge in [0.15, 0.2) is 0 Å². The third kappa shape index (κ3) is 3.70. The summed E-state index contributed by atoms with van der Waals surface area (Å²) in [5.74, 6) is -0.160. The van der Waals surface area contributed by atoms with E-state index < -0.39 is 0 Å². The van der Waals surface area contributed by atoms with E-state index in [1.807, 2.05) is 24.1 Å². The van der Waals surface area contributed by atoms with Gasteiger partial charge in [0.25, 0.3) is 0 Å². The van der Waals surface area contributed by atoms with Crippen molar-refractivity contribution in [3.8, 4) is 0 Å². The SMILES string of the molecule is CCNC(C)C(C)(C)CN(C)c1ccccc1F. The fourth-order valence-corrected chi connectivity index (χ4v) is 2.18. The predicted octanol–water partition coefficient (Wildman–Crippen LogP) is 3.29. The highest BCUT2D eigenvalue weighted by atomic mass is 19.1. The van der Waals surface area contributed by atoms with Crippen LogP contribution in [0.3, 0.4) is 0 Å². The Hall–Kier alpha value is -1.09. The monoisotopic (exact) mass is 252 g/mol. The molecule has 0 spiro atoms. The predicted molar refractivity (Wildman–Crippen MR) is 76.6 cm³/mol. The van der Waals surface area contributed by atoms with E-state index >= 15 is 0 Å². The molecule has 1 rings (SSSR count). The van der Waals surface area contributed by atoms with Crippen LogP contribution in [0.5, 0.6) is 0 Å². The van der Waals surface area contributed by atoms with Crippen LogP contribution in [0.1, 0.15) is 27.7 Å².